The van der Waals surface area contributed by atoms with Gasteiger partial charge in [0.25, 0.3) is 0 Å². The van der Waals surface area contributed by atoms with Crippen molar-refractivity contribution < 1.29 is 42.4 Å². The Labute approximate surface area is 215 Å². The van der Waals surface area contributed by atoms with Crippen molar-refractivity contribution in [1.82, 2.24) is 19.9 Å². The van der Waals surface area contributed by atoms with E-state index in [-0.39, 0.29) is 38.2 Å². The van der Waals surface area contributed by atoms with Crippen LogP contribution in [0.2, 0.25) is 0 Å². The maximum absolute atomic E-state index is 12.8. The number of rotatable bonds is 8. The Kier molecular flexibility index (Phi) is 8.09. The zero-order chi connectivity index (χ0) is 27.7. The van der Waals surface area contributed by atoms with Crippen LogP contribution in [0.3, 0.4) is 0 Å². The van der Waals surface area contributed by atoms with Crippen molar-refractivity contribution >= 4 is 17.3 Å². The van der Waals surface area contributed by atoms with Crippen LogP contribution in [0.4, 0.5) is 19.0 Å². The van der Waals surface area contributed by atoms with E-state index in [1.807, 2.05) is 6.07 Å². The average molecular weight is 543 g/mol. The van der Waals surface area contributed by atoms with Crippen LogP contribution in [0.1, 0.15) is 44.4 Å². The quantitative estimate of drug-likeness (QED) is 0.212. The second-order valence-electron chi connectivity index (χ2n) is 9.55. The highest BCUT2D eigenvalue weighted by molar-refractivity contribution is 5.75. The van der Waals surface area contributed by atoms with E-state index >= 15 is 0 Å². The smallest absolute Gasteiger partial charge is 0.391 e. The Morgan fingerprint density at radius 1 is 1.37 bits per heavy atom. The highest BCUT2D eigenvalue weighted by atomic mass is 19.4. The van der Waals surface area contributed by atoms with E-state index in [4.69, 9.17) is 19.9 Å². The van der Waals surface area contributed by atoms with Crippen LogP contribution >= 0.6 is 0 Å². The van der Waals surface area contributed by atoms with Gasteiger partial charge in [-0.15, -0.1) is 0 Å². The highest BCUT2D eigenvalue weighted by Crippen LogP contribution is 2.41. The first-order valence-corrected chi connectivity index (χ1v) is 12.1. The molecule has 0 aromatic carbocycles. The molecular weight excluding hydrogens is 513 g/mol. The minimum absolute atomic E-state index is 0.0862. The van der Waals surface area contributed by atoms with Crippen LogP contribution in [0.5, 0.6) is 0 Å². The number of ether oxygens (including phenoxy) is 3. The predicted molar refractivity (Wildman–Crippen MR) is 123 cm³/mol. The molecule has 2 aromatic heterocycles. The molecular formula is C23H29F3N6O6. The molecule has 5 N–H and O–H groups in total. The minimum Gasteiger partial charge on any atom is -0.461 e. The topological polar surface area (TPSA) is 177 Å². The first-order chi connectivity index (χ1) is 18.0. The summed E-state index contributed by atoms with van der Waals surface area (Å²) in [5, 5.41) is 37.9. The number of fused-ring (bicyclic) bond motifs is 1. The molecule has 208 valence electrons. The van der Waals surface area contributed by atoms with Crippen molar-refractivity contribution in [3.63, 3.8) is 0 Å². The Bertz CT molecular complexity index is 1180. The summed E-state index contributed by atoms with van der Waals surface area (Å²) in [7, 11) is 0. The molecule has 0 unspecified atom stereocenters. The number of carbonyl (C=O) groups is 1. The van der Waals surface area contributed by atoms with Gasteiger partial charge in [0.05, 0.1) is 24.9 Å². The number of aliphatic hydroxyl groups is 2. The van der Waals surface area contributed by atoms with Crippen LogP contribution < -0.4 is 11.1 Å². The van der Waals surface area contributed by atoms with Gasteiger partial charge >= 0.3 is 12.1 Å². The number of hydrogen-bond donors (Lipinski definition) is 4. The zero-order valence-corrected chi connectivity index (χ0v) is 20.5. The first-order valence-electron chi connectivity index (χ1n) is 12.1. The molecule has 2 fully saturated rings. The molecule has 2 aliphatic rings. The number of carbonyl (C=O) groups excluding carboxylic acids is 1. The average Bonchev–Trinajstić information content (AvgIpc) is 3.42. The first kappa shape index (κ1) is 28.0. The molecule has 0 radical (unpaired) electrons. The molecule has 1 saturated carbocycles. The molecule has 0 amide bonds. The van der Waals surface area contributed by atoms with E-state index in [0.29, 0.717) is 11.2 Å². The van der Waals surface area contributed by atoms with Gasteiger partial charge in [0.2, 0.25) is 5.60 Å². The van der Waals surface area contributed by atoms with E-state index in [1.165, 1.54) is 17.8 Å². The van der Waals surface area contributed by atoms with Crippen molar-refractivity contribution in [3.8, 4) is 6.07 Å². The summed E-state index contributed by atoms with van der Waals surface area (Å²) in [6.45, 7) is 0.809. The Hall–Kier alpha value is -3.03. The lowest BCUT2D eigenvalue weighted by atomic mass is 9.87. The number of esters is 1. The maximum Gasteiger partial charge on any atom is 0.391 e. The molecule has 1 aliphatic heterocycles. The summed E-state index contributed by atoms with van der Waals surface area (Å²) in [5.74, 6) is -1.82. The largest absolute Gasteiger partial charge is 0.461 e. The number of anilines is 1. The lowest BCUT2D eigenvalue weighted by Crippen LogP contribution is -2.47. The molecule has 5 atom stereocenters. The Balaban J connectivity index is 1.28. The predicted octanol–water partition coefficient (Wildman–Crippen LogP) is 0.983. The van der Waals surface area contributed by atoms with Crippen LogP contribution in [0.15, 0.2) is 18.5 Å². The number of nitrogens with one attached hydrogen (secondary N) is 1. The number of halogens is 3. The molecule has 1 aliphatic carbocycles. The van der Waals surface area contributed by atoms with Crippen molar-refractivity contribution in [2.75, 3.05) is 19.1 Å². The summed E-state index contributed by atoms with van der Waals surface area (Å²) in [6.07, 6.45) is -7.75. The molecule has 12 nitrogen and oxygen atoms in total. The lowest BCUT2D eigenvalue weighted by molar-refractivity contribution is -0.189. The van der Waals surface area contributed by atoms with Gasteiger partial charge in [-0.2, -0.15) is 23.5 Å². The van der Waals surface area contributed by atoms with Gasteiger partial charge in [-0.3, -0.25) is 10.1 Å². The molecule has 0 bridgehead atoms. The SMILES string of the molecule is C[C@H](NCOC[C@@]1(C#N)O[C@@H](c2ccc3c(N)ncnn23)[C@H](O)[C@@H]1O)C(=O)O[C@H]1CC[C@@H](C(F)(F)F)CC1. The number of aliphatic hydroxyl groups excluding tert-OH is 2. The fourth-order valence-electron chi connectivity index (χ4n) is 4.72. The second-order valence-corrected chi connectivity index (χ2v) is 9.55. The van der Waals surface area contributed by atoms with Crippen molar-refractivity contribution in [3.05, 3.63) is 24.2 Å². The van der Waals surface area contributed by atoms with Crippen molar-refractivity contribution in [2.24, 2.45) is 5.92 Å². The third-order valence-corrected chi connectivity index (χ3v) is 7.02. The summed E-state index contributed by atoms with van der Waals surface area (Å²) < 4.78 is 56.4. The van der Waals surface area contributed by atoms with E-state index in [0.717, 1.165) is 0 Å². The number of nitrogens with two attached hydrogens (primary N) is 1. The third-order valence-electron chi connectivity index (χ3n) is 7.02. The summed E-state index contributed by atoms with van der Waals surface area (Å²) in [6, 6.07) is 4.21. The molecule has 0 spiro atoms. The molecule has 1 saturated heterocycles. The maximum atomic E-state index is 12.8. The number of hydrogen-bond acceptors (Lipinski definition) is 11. The van der Waals surface area contributed by atoms with E-state index in [9.17, 15) is 33.4 Å². The Morgan fingerprint density at radius 2 is 2.08 bits per heavy atom. The van der Waals surface area contributed by atoms with Crippen LogP contribution in [-0.4, -0.2) is 80.2 Å². The van der Waals surface area contributed by atoms with Gasteiger partial charge in [-0.05, 0) is 44.7 Å². The van der Waals surface area contributed by atoms with Gasteiger partial charge in [-0.25, -0.2) is 9.50 Å². The van der Waals surface area contributed by atoms with E-state index in [2.05, 4.69) is 15.4 Å². The molecule has 2 aromatic rings. The molecule has 38 heavy (non-hydrogen) atoms. The third kappa shape index (κ3) is 5.54. The number of nitrogen functional groups attached to an aromatic ring is 1. The molecule has 4 rings (SSSR count). The number of nitrogens with zero attached hydrogens (tertiary/aromatic N) is 4. The fourth-order valence-corrected chi connectivity index (χ4v) is 4.72. The summed E-state index contributed by atoms with van der Waals surface area (Å²) >= 11 is 0. The summed E-state index contributed by atoms with van der Waals surface area (Å²) in [4.78, 5) is 16.2. The number of nitriles is 1. The molecule has 15 heteroatoms. The van der Waals surface area contributed by atoms with Gasteiger partial charge in [0, 0.05) is 0 Å². The van der Waals surface area contributed by atoms with Crippen LogP contribution in [0, 0.1) is 17.2 Å². The number of aromatic nitrogens is 3. The monoisotopic (exact) mass is 542 g/mol. The summed E-state index contributed by atoms with van der Waals surface area (Å²) in [5.41, 5.74) is 4.71. The highest BCUT2D eigenvalue weighted by Gasteiger charge is 2.56. The number of alkyl halides is 3. The van der Waals surface area contributed by atoms with Crippen molar-refractivity contribution in [2.45, 2.75) is 74.8 Å². The van der Waals surface area contributed by atoms with Crippen LogP contribution in [0.25, 0.3) is 5.52 Å². The Morgan fingerprint density at radius 3 is 2.74 bits per heavy atom. The minimum atomic E-state index is -4.24. The normalized spacial score (nSPS) is 30.7. The van der Waals surface area contributed by atoms with E-state index in [1.54, 1.807) is 12.1 Å². The lowest BCUT2D eigenvalue weighted by Gasteiger charge is -2.30. The van der Waals surface area contributed by atoms with E-state index < -0.39 is 60.7 Å². The second kappa shape index (κ2) is 11.0. The fraction of sp³-hybridized carbons (Fsp3) is 0.652. The van der Waals surface area contributed by atoms with Crippen LogP contribution in [-0.2, 0) is 19.0 Å². The standard InChI is InChI=1S/C23H29F3N6O6/c1-12(21(35)37-14-4-2-13(3-5-14)23(24,25)26)30-11-36-9-22(8-27)19(34)17(33)18(38-22)15-6-7-16-20(28)29-10-31-32(15)16/h6-7,10,12-14,17-19,30,33-34H,2-5,9,11H2,1H3,(H2,28,29,31)/t12-,13-,14+,17-,18-,19-,22+/m0/s1. The van der Waals surface area contributed by atoms with Gasteiger partial charge in [0.15, 0.2) is 5.82 Å². The van der Waals surface area contributed by atoms with Gasteiger partial charge < -0.3 is 30.2 Å². The van der Waals surface area contributed by atoms with Crippen molar-refractivity contribution in [1.29, 1.82) is 5.26 Å². The zero-order valence-electron chi connectivity index (χ0n) is 20.5. The molecule has 3 heterocycles. The van der Waals surface area contributed by atoms with Gasteiger partial charge in [0.1, 0.15) is 48.4 Å². The van der Waals surface area contributed by atoms with Gasteiger partial charge in [-0.1, -0.05) is 0 Å².